The SMILES string of the molecule is CCOC(=O)CC1(c2ccc(-c3ccc(-c4onc(C)c4CCCC(NC(C)=O)c4ccccc4)cc3)cc2)CC1. The number of rotatable bonds is 12. The Morgan fingerprint density at radius 3 is 2.20 bits per heavy atom. The fraction of sp³-hybridized carbons (Fsp3) is 0.343. The Morgan fingerprint density at radius 1 is 0.951 bits per heavy atom. The van der Waals surface area contributed by atoms with E-state index in [0.29, 0.717) is 13.0 Å². The highest BCUT2D eigenvalue weighted by Gasteiger charge is 2.46. The van der Waals surface area contributed by atoms with E-state index in [4.69, 9.17) is 9.26 Å². The molecule has 6 nitrogen and oxygen atoms in total. The van der Waals surface area contributed by atoms with Gasteiger partial charge in [-0.1, -0.05) is 84.0 Å². The molecule has 41 heavy (non-hydrogen) atoms. The molecule has 1 aliphatic rings. The van der Waals surface area contributed by atoms with Gasteiger partial charge in [0.2, 0.25) is 5.91 Å². The summed E-state index contributed by atoms with van der Waals surface area (Å²) in [7, 11) is 0. The molecule has 1 aromatic heterocycles. The second kappa shape index (κ2) is 12.5. The van der Waals surface area contributed by atoms with Crippen molar-refractivity contribution in [3.05, 3.63) is 101 Å². The molecule has 4 aromatic rings. The van der Waals surface area contributed by atoms with Gasteiger partial charge in [-0.25, -0.2) is 0 Å². The second-order valence-electron chi connectivity index (χ2n) is 11.0. The molecule has 1 heterocycles. The Bertz CT molecular complexity index is 1470. The number of benzene rings is 3. The lowest BCUT2D eigenvalue weighted by molar-refractivity contribution is -0.143. The lowest BCUT2D eigenvalue weighted by Crippen LogP contribution is -2.26. The summed E-state index contributed by atoms with van der Waals surface area (Å²) in [4.78, 5) is 23.9. The van der Waals surface area contributed by atoms with E-state index >= 15 is 0 Å². The summed E-state index contributed by atoms with van der Waals surface area (Å²) in [6.07, 6.45) is 5.02. The third-order valence-corrected chi connectivity index (χ3v) is 8.10. The molecule has 0 radical (unpaired) electrons. The van der Waals surface area contributed by atoms with E-state index in [1.54, 1.807) is 6.92 Å². The smallest absolute Gasteiger partial charge is 0.306 e. The Balaban J connectivity index is 1.25. The van der Waals surface area contributed by atoms with Gasteiger partial charge in [0, 0.05) is 23.5 Å². The number of aryl methyl sites for hydroxylation is 1. The van der Waals surface area contributed by atoms with Crippen LogP contribution >= 0.6 is 0 Å². The third-order valence-electron chi connectivity index (χ3n) is 8.10. The first-order valence-corrected chi connectivity index (χ1v) is 14.5. The quantitative estimate of drug-likeness (QED) is 0.185. The number of nitrogens with one attached hydrogen (secondary N) is 1. The van der Waals surface area contributed by atoms with E-state index in [9.17, 15) is 9.59 Å². The minimum absolute atomic E-state index is 0.0251. The summed E-state index contributed by atoms with van der Waals surface area (Å²) < 4.78 is 11.0. The first-order chi connectivity index (χ1) is 19.9. The van der Waals surface area contributed by atoms with Crippen molar-refractivity contribution in [2.24, 2.45) is 0 Å². The first kappa shape index (κ1) is 28.3. The Labute approximate surface area is 242 Å². The fourth-order valence-corrected chi connectivity index (χ4v) is 5.68. The molecular weight excluding hydrogens is 512 g/mol. The topological polar surface area (TPSA) is 81.4 Å². The van der Waals surface area contributed by atoms with Crippen LogP contribution in [-0.2, 0) is 26.2 Å². The molecular formula is C35H38N2O4. The number of carbonyl (C=O) groups is 2. The number of amides is 1. The van der Waals surface area contributed by atoms with Gasteiger partial charge in [0.15, 0.2) is 5.76 Å². The van der Waals surface area contributed by atoms with Crippen molar-refractivity contribution < 1.29 is 18.8 Å². The standard InChI is InChI=1S/C35H38N2O4/c1-4-40-33(39)23-35(21-22-35)30-19-17-27(18-20-30)26-13-15-29(16-14-26)34-31(24(2)37-41-34)11-8-12-32(36-25(3)38)28-9-6-5-7-10-28/h5-7,9-10,13-20,32H,4,8,11-12,21-23H2,1-3H3,(H,36,38). The van der Waals surface area contributed by atoms with Gasteiger partial charge in [-0.3, -0.25) is 9.59 Å². The van der Waals surface area contributed by atoms with Crippen molar-refractivity contribution in [3.63, 3.8) is 0 Å². The number of aromatic nitrogens is 1. The number of ether oxygens (including phenoxy) is 1. The van der Waals surface area contributed by atoms with Crippen molar-refractivity contribution in [2.75, 3.05) is 6.61 Å². The van der Waals surface area contributed by atoms with E-state index in [1.807, 2.05) is 32.0 Å². The first-order valence-electron chi connectivity index (χ1n) is 14.5. The minimum atomic E-state index is -0.115. The number of hydrogen-bond acceptors (Lipinski definition) is 5. The zero-order chi connectivity index (χ0) is 28.8. The second-order valence-corrected chi connectivity index (χ2v) is 11.0. The summed E-state index contributed by atoms with van der Waals surface area (Å²) in [5, 5.41) is 7.36. The molecule has 1 fully saturated rings. The van der Waals surface area contributed by atoms with Gasteiger partial charge in [0.05, 0.1) is 24.8 Å². The van der Waals surface area contributed by atoms with Crippen LogP contribution in [0.4, 0.5) is 0 Å². The zero-order valence-corrected chi connectivity index (χ0v) is 24.1. The maximum Gasteiger partial charge on any atom is 0.306 e. The van der Waals surface area contributed by atoms with Gasteiger partial charge in [0.1, 0.15) is 0 Å². The summed E-state index contributed by atoms with van der Waals surface area (Å²) in [5.41, 5.74) is 7.51. The molecule has 3 aromatic carbocycles. The predicted octanol–water partition coefficient (Wildman–Crippen LogP) is 7.50. The van der Waals surface area contributed by atoms with E-state index < -0.39 is 0 Å². The Kier molecular flexibility index (Phi) is 8.67. The molecule has 1 amide bonds. The minimum Gasteiger partial charge on any atom is -0.466 e. The van der Waals surface area contributed by atoms with Gasteiger partial charge in [-0.05, 0) is 68.2 Å². The number of hydrogen-bond donors (Lipinski definition) is 1. The lowest BCUT2D eigenvalue weighted by atomic mass is 9.90. The monoisotopic (exact) mass is 550 g/mol. The van der Waals surface area contributed by atoms with Crippen LogP contribution in [0.1, 0.15) is 74.4 Å². The van der Waals surface area contributed by atoms with Crippen molar-refractivity contribution in [1.29, 1.82) is 0 Å². The van der Waals surface area contributed by atoms with Crippen LogP contribution in [0, 0.1) is 6.92 Å². The van der Waals surface area contributed by atoms with Crippen LogP contribution in [-0.4, -0.2) is 23.6 Å². The van der Waals surface area contributed by atoms with E-state index in [0.717, 1.165) is 71.4 Å². The molecule has 0 saturated heterocycles. The number of nitrogens with zero attached hydrogens (tertiary/aromatic N) is 1. The maximum atomic E-state index is 12.1. The molecule has 0 bridgehead atoms. The Morgan fingerprint density at radius 2 is 1.59 bits per heavy atom. The van der Waals surface area contributed by atoms with Crippen LogP contribution in [0.25, 0.3) is 22.5 Å². The average molecular weight is 551 g/mol. The predicted molar refractivity (Wildman–Crippen MR) is 160 cm³/mol. The van der Waals surface area contributed by atoms with Crippen LogP contribution in [0.3, 0.4) is 0 Å². The molecule has 1 saturated carbocycles. The molecule has 5 rings (SSSR count). The van der Waals surface area contributed by atoms with Crippen LogP contribution in [0.2, 0.25) is 0 Å². The van der Waals surface area contributed by atoms with Crippen molar-refractivity contribution >= 4 is 11.9 Å². The van der Waals surface area contributed by atoms with E-state index in [1.165, 1.54) is 5.56 Å². The average Bonchev–Trinajstić information content (AvgIpc) is 3.67. The summed E-state index contributed by atoms with van der Waals surface area (Å²) in [6, 6.07) is 27.0. The lowest BCUT2D eigenvalue weighted by Gasteiger charge is -2.18. The summed E-state index contributed by atoms with van der Waals surface area (Å²) in [6.45, 7) is 5.81. The van der Waals surface area contributed by atoms with Crippen molar-refractivity contribution in [3.8, 4) is 22.5 Å². The van der Waals surface area contributed by atoms with Gasteiger partial charge < -0.3 is 14.6 Å². The Hall–Kier alpha value is -4.19. The molecule has 0 spiro atoms. The van der Waals surface area contributed by atoms with Crippen LogP contribution < -0.4 is 5.32 Å². The van der Waals surface area contributed by atoms with Gasteiger partial charge in [-0.15, -0.1) is 0 Å². The van der Waals surface area contributed by atoms with Gasteiger partial charge in [-0.2, -0.15) is 0 Å². The van der Waals surface area contributed by atoms with Crippen molar-refractivity contribution in [2.45, 2.75) is 70.8 Å². The normalized spacial score (nSPS) is 14.3. The summed E-state index contributed by atoms with van der Waals surface area (Å²) in [5.74, 6) is 0.657. The van der Waals surface area contributed by atoms with E-state index in [2.05, 4.69) is 71.1 Å². The van der Waals surface area contributed by atoms with Crippen LogP contribution in [0.15, 0.2) is 83.4 Å². The molecule has 1 N–H and O–H groups in total. The molecule has 0 aliphatic heterocycles. The van der Waals surface area contributed by atoms with Crippen LogP contribution in [0.5, 0.6) is 0 Å². The molecule has 6 heteroatoms. The highest BCUT2D eigenvalue weighted by molar-refractivity contribution is 5.74. The number of esters is 1. The highest BCUT2D eigenvalue weighted by atomic mass is 16.5. The largest absolute Gasteiger partial charge is 0.466 e. The van der Waals surface area contributed by atoms with Gasteiger partial charge >= 0.3 is 5.97 Å². The van der Waals surface area contributed by atoms with E-state index in [-0.39, 0.29) is 23.3 Å². The molecule has 1 unspecified atom stereocenters. The molecule has 1 atom stereocenters. The number of carbonyl (C=O) groups excluding carboxylic acids is 2. The highest BCUT2D eigenvalue weighted by Crippen LogP contribution is 2.51. The third kappa shape index (κ3) is 6.76. The zero-order valence-electron chi connectivity index (χ0n) is 24.1. The molecule has 1 aliphatic carbocycles. The summed E-state index contributed by atoms with van der Waals surface area (Å²) >= 11 is 0. The maximum absolute atomic E-state index is 12.1. The van der Waals surface area contributed by atoms with Gasteiger partial charge in [0.25, 0.3) is 0 Å². The van der Waals surface area contributed by atoms with Crippen molar-refractivity contribution in [1.82, 2.24) is 10.5 Å². The fourth-order valence-electron chi connectivity index (χ4n) is 5.68. The molecule has 212 valence electrons.